The highest BCUT2D eigenvalue weighted by Gasteiger charge is 2.19. The Bertz CT molecular complexity index is 1760. The van der Waals surface area contributed by atoms with Crippen LogP contribution < -0.4 is 5.56 Å². The molecule has 10 heteroatoms. The van der Waals surface area contributed by atoms with Gasteiger partial charge in [-0.3, -0.25) is 18.3 Å². The minimum Gasteiger partial charge on any atom is -0.279 e. The van der Waals surface area contributed by atoms with Crippen LogP contribution in [0.4, 0.5) is 0 Å². The molecule has 0 bridgehead atoms. The lowest BCUT2D eigenvalue weighted by molar-refractivity contribution is 0.859. The Hall–Kier alpha value is -3.76. The predicted molar refractivity (Wildman–Crippen MR) is 139 cm³/mol. The number of nitrogens with zero attached hydrogens (tertiary/aromatic N) is 7. The van der Waals surface area contributed by atoms with E-state index in [9.17, 15) is 4.79 Å². The van der Waals surface area contributed by atoms with E-state index >= 15 is 0 Å². The molecule has 4 heterocycles. The fourth-order valence-corrected chi connectivity index (χ4v) is 5.85. The van der Waals surface area contributed by atoms with Gasteiger partial charge < -0.3 is 0 Å². The summed E-state index contributed by atoms with van der Waals surface area (Å²) in [4.78, 5) is 12.6. The molecule has 0 aliphatic heterocycles. The normalized spacial score (nSPS) is 11.6. The smallest absolute Gasteiger partial charge is 0.272 e. The second kappa shape index (κ2) is 8.47. The van der Waals surface area contributed by atoms with E-state index in [1.54, 1.807) is 23.4 Å². The number of aromatic nitrogens is 7. The van der Waals surface area contributed by atoms with Gasteiger partial charge in [0.05, 0.1) is 11.3 Å². The molecule has 0 unspecified atom stereocenters. The van der Waals surface area contributed by atoms with Crippen molar-refractivity contribution in [3.8, 4) is 17.1 Å². The Kier molecular flexibility index (Phi) is 5.27. The van der Waals surface area contributed by atoms with Crippen molar-refractivity contribution in [2.24, 2.45) is 7.05 Å². The highest BCUT2D eigenvalue weighted by Crippen LogP contribution is 2.30. The number of hydrogen-bond donors (Lipinski definition) is 0. The number of fused-ring (bicyclic) bond motifs is 3. The molecule has 0 aliphatic carbocycles. The van der Waals surface area contributed by atoms with Gasteiger partial charge in [-0.25, -0.2) is 0 Å². The maximum atomic E-state index is 12.6. The van der Waals surface area contributed by atoms with Gasteiger partial charge in [0.25, 0.3) is 5.56 Å². The van der Waals surface area contributed by atoms with E-state index in [4.69, 9.17) is 0 Å². The largest absolute Gasteiger partial charge is 0.279 e. The first-order chi connectivity index (χ1) is 17.0. The first-order valence-electron chi connectivity index (χ1n) is 11.0. The molecule has 0 saturated carbocycles. The van der Waals surface area contributed by atoms with Gasteiger partial charge in [-0.05, 0) is 43.5 Å². The van der Waals surface area contributed by atoms with Gasteiger partial charge in [-0.2, -0.15) is 0 Å². The molecule has 6 rings (SSSR count). The van der Waals surface area contributed by atoms with E-state index < -0.39 is 0 Å². The zero-order chi connectivity index (χ0) is 24.1. The van der Waals surface area contributed by atoms with Gasteiger partial charge in [0.2, 0.25) is 5.78 Å². The first-order valence-corrected chi connectivity index (χ1v) is 12.9. The lowest BCUT2D eigenvalue weighted by Crippen LogP contribution is -2.19. The molecule has 35 heavy (non-hydrogen) atoms. The number of aryl methyl sites for hydroxylation is 3. The maximum Gasteiger partial charge on any atom is 0.272 e. The SMILES string of the molecule is Cc1ccc(-n2c(SCc3nnc4n(C)c(=O)c5sccc5n34)nnc2-c2cccc(C)c2)cc1. The Morgan fingerprint density at radius 3 is 2.57 bits per heavy atom. The van der Waals surface area contributed by atoms with Crippen molar-refractivity contribution in [3.63, 3.8) is 0 Å². The topological polar surface area (TPSA) is 82.9 Å². The molecule has 0 amide bonds. The molecule has 174 valence electrons. The van der Waals surface area contributed by atoms with E-state index in [0.29, 0.717) is 16.2 Å². The van der Waals surface area contributed by atoms with Crippen molar-refractivity contribution in [1.82, 2.24) is 33.9 Å². The second-order valence-electron chi connectivity index (χ2n) is 8.39. The number of hydrogen-bond acceptors (Lipinski definition) is 7. The number of benzene rings is 2. The number of thioether (sulfide) groups is 1. The number of thiophene rings is 1. The zero-order valence-electron chi connectivity index (χ0n) is 19.3. The first kappa shape index (κ1) is 21.8. The third-order valence-electron chi connectivity index (χ3n) is 5.93. The molecule has 6 aromatic rings. The summed E-state index contributed by atoms with van der Waals surface area (Å²) in [5, 5.41) is 20.5. The molecule has 8 nitrogen and oxygen atoms in total. The summed E-state index contributed by atoms with van der Waals surface area (Å²) in [6, 6.07) is 18.5. The van der Waals surface area contributed by atoms with E-state index in [1.807, 2.05) is 21.9 Å². The molecule has 0 fully saturated rings. The highest BCUT2D eigenvalue weighted by atomic mass is 32.2. The molecule has 0 atom stereocenters. The average molecular weight is 500 g/mol. The molecular formula is C25H21N7OS2. The summed E-state index contributed by atoms with van der Waals surface area (Å²) in [6.07, 6.45) is 0. The van der Waals surface area contributed by atoms with Crippen molar-refractivity contribution in [3.05, 3.63) is 87.3 Å². The lowest BCUT2D eigenvalue weighted by Gasteiger charge is -2.11. The van der Waals surface area contributed by atoms with Crippen LogP contribution in [-0.4, -0.2) is 33.9 Å². The van der Waals surface area contributed by atoms with Crippen LogP contribution in [-0.2, 0) is 12.8 Å². The van der Waals surface area contributed by atoms with Crippen molar-refractivity contribution < 1.29 is 0 Å². The van der Waals surface area contributed by atoms with Gasteiger partial charge in [0.1, 0.15) is 10.5 Å². The van der Waals surface area contributed by atoms with Crippen molar-refractivity contribution in [2.75, 3.05) is 0 Å². The number of rotatable bonds is 5. The van der Waals surface area contributed by atoms with Crippen molar-refractivity contribution >= 4 is 39.1 Å². The molecule has 4 aromatic heterocycles. The summed E-state index contributed by atoms with van der Waals surface area (Å²) in [5.41, 5.74) is 5.12. The van der Waals surface area contributed by atoms with Gasteiger partial charge >= 0.3 is 0 Å². The summed E-state index contributed by atoms with van der Waals surface area (Å²) in [7, 11) is 1.73. The third kappa shape index (κ3) is 3.65. The van der Waals surface area contributed by atoms with Crippen LogP contribution in [0.25, 0.3) is 33.1 Å². The Morgan fingerprint density at radius 1 is 0.943 bits per heavy atom. The average Bonchev–Trinajstić information content (AvgIpc) is 3.59. The lowest BCUT2D eigenvalue weighted by atomic mass is 10.1. The van der Waals surface area contributed by atoms with E-state index in [0.717, 1.165) is 39.1 Å². The quantitative estimate of drug-likeness (QED) is 0.317. The fourth-order valence-electron chi connectivity index (χ4n) is 4.14. The molecule has 0 saturated heterocycles. The van der Waals surface area contributed by atoms with Crippen LogP contribution in [0.1, 0.15) is 17.0 Å². The van der Waals surface area contributed by atoms with Crippen LogP contribution in [0.2, 0.25) is 0 Å². The van der Waals surface area contributed by atoms with Gasteiger partial charge in [-0.15, -0.1) is 31.7 Å². The van der Waals surface area contributed by atoms with Crippen molar-refractivity contribution in [2.45, 2.75) is 24.8 Å². The maximum absolute atomic E-state index is 12.6. The van der Waals surface area contributed by atoms with Crippen LogP contribution in [0.5, 0.6) is 0 Å². The molecule has 0 aliphatic rings. The molecular weight excluding hydrogens is 478 g/mol. The highest BCUT2D eigenvalue weighted by molar-refractivity contribution is 7.98. The minimum absolute atomic E-state index is 0.0592. The van der Waals surface area contributed by atoms with E-state index in [-0.39, 0.29) is 5.56 Å². The molecule has 2 aromatic carbocycles. The summed E-state index contributed by atoms with van der Waals surface area (Å²) in [5.74, 6) is 2.58. The Balaban J connectivity index is 1.44. The van der Waals surface area contributed by atoms with Gasteiger partial charge in [0.15, 0.2) is 11.0 Å². The zero-order valence-corrected chi connectivity index (χ0v) is 21.0. The Labute approximate surface area is 208 Å². The van der Waals surface area contributed by atoms with E-state index in [1.165, 1.54) is 16.9 Å². The minimum atomic E-state index is -0.0592. The van der Waals surface area contributed by atoms with Crippen LogP contribution in [0, 0.1) is 13.8 Å². The van der Waals surface area contributed by atoms with Crippen molar-refractivity contribution in [1.29, 1.82) is 0 Å². The monoisotopic (exact) mass is 499 g/mol. The van der Waals surface area contributed by atoms with E-state index in [2.05, 4.69) is 81.3 Å². The van der Waals surface area contributed by atoms with Crippen LogP contribution >= 0.6 is 23.1 Å². The van der Waals surface area contributed by atoms with Crippen LogP contribution in [0.15, 0.2) is 69.9 Å². The third-order valence-corrected chi connectivity index (χ3v) is 7.75. The van der Waals surface area contributed by atoms with Gasteiger partial charge in [0, 0.05) is 18.3 Å². The summed E-state index contributed by atoms with van der Waals surface area (Å²) >= 11 is 2.97. The summed E-state index contributed by atoms with van der Waals surface area (Å²) in [6.45, 7) is 4.14. The predicted octanol–water partition coefficient (Wildman–Crippen LogP) is 4.80. The van der Waals surface area contributed by atoms with Gasteiger partial charge in [-0.1, -0.05) is 53.2 Å². The van der Waals surface area contributed by atoms with Crippen LogP contribution in [0.3, 0.4) is 0 Å². The Morgan fingerprint density at radius 2 is 1.77 bits per heavy atom. The molecule has 0 N–H and O–H groups in total. The fraction of sp³-hybridized carbons (Fsp3) is 0.160. The molecule has 0 spiro atoms. The second-order valence-corrected chi connectivity index (χ2v) is 10.2. The molecule has 0 radical (unpaired) electrons. The standard InChI is InChI=1S/C25H21N7OS2/c1-15-7-9-18(10-8-15)31-22(17-6-4-5-16(2)13-17)27-29-25(31)35-14-20-26-28-24-30(3)23(33)21-19(32(20)24)11-12-34-21/h4-13H,14H2,1-3H3. The summed E-state index contributed by atoms with van der Waals surface area (Å²) < 4.78 is 6.27.